The van der Waals surface area contributed by atoms with E-state index in [1.165, 1.54) is 22.9 Å². The molecule has 0 saturated heterocycles. The van der Waals surface area contributed by atoms with Gasteiger partial charge in [0.2, 0.25) is 0 Å². The predicted molar refractivity (Wildman–Crippen MR) is 85.7 cm³/mol. The van der Waals surface area contributed by atoms with Crippen LogP contribution in [0, 0.1) is 9.39 Å². The van der Waals surface area contributed by atoms with Gasteiger partial charge in [-0.15, -0.1) is 0 Å². The molecule has 1 aromatic heterocycles. The van der Waals surface area contributed by atoms with E-state index >= 15 is 0 Å². The Morgan fingerprint density at radius 3 is 2.67 bits per heavy atom. The molecule has 0 aliphatic heterocycles. The zero-order valence-electron chi connectivity index (χ0n) is 11.1. The Bertz CT molecular complexity index is 758. The Kier molecular flexibility index (Phi) is 4.61. The Labute approximate surface area is 133 Å². The maximum absolute atomic E-state index is 13.8. The molecule has 0 atom stereocenters. The highest BCUT2D eigenvalue weighted by Crippen LogP contribution is 2.23. The van der Waals surface area contributed by atoms with E-state index in [-0.39, 0.29) is 22.5 Å². The molecule has 5 nitrogen and oxygen atoms in total. The molecule has 110 valence electrons. The van der Waals surface area contributed by atoms with Crippen LogP contribution < -0.4 is 10.9 Å². The summed E-state index contributed by atoms with van der Waals surface area (Å²) in [6, 6.07) is 5.65. The summed E-state index contributed by atoms with van der Waals surface area (Å²) in [5.74, 6) is -1.71. The van der Waals surface area contributed by atoms with Crippen LogP contribution in [0.25, 0.3) is 0 Å². The number of nitrogens with one attached hydrogen (secondary N) is 1. The van der Waals surface area contributed by atoms with Crippen LogP contribution in [0.3, 0.4) is 0 Å². The quantitative estimate of drug-likeness (QED) is 0.772. The van der Waals surface area contributed by atoms with Crippen LogP contribution in [0.1, 0.15) is 17.3 Å². The van der Waals surface area contributed by atoms with Crippen LogP contribution in [-0.4, -0.2) is 15.6 Å². The lowest BCUT2D eigenvalue weighted by molar-refractivity contribution is 0.0697. The molecule has 0 amide bonds. The summed E-state index contributed by atoms with van der Waals surface area (Å²) in [5, 5.41) is 11.9. The van der Waals surface area contributed by atoms with Gasteiger partial charge in [-0.25, -0.2) is 9.18 Å². The molecule has 21 heavy (non-hydrogen) atoms. The van der Waals surface area contributed by atoms with Crippen molar-refractivity contribution in [2.24, 2.45) is 0 Å². The minimum absolute atomic E-state index is 0.0670. The fourth-order valence-electron chi connectivity index (χ4n) is 1.83. The molecule has 0 unspecified atom stereocenters. The highest BCUT2D eigenvalue weighted by atomic mass is 127. The summed E-state index contributed by atoms with van der Waals surface area (Å²) in [4.78, 5) is 23.1. The number of hydrogen-bond acceptors (Lipinski definition) is 3. The first-order valence-corrected chi connectivity index (χ1v) is 7.20. The van der Waals surface area contributed by atoms with E-state index < -0.39 is 11.8 Å². The number of halogens is 2. The summed E-state index contributed by atoms with van der Waals surface area (Å²) in [7, 11) is 0. The second kappa shape index (κ2) is 6.25. The standard InChI is InChI=1S/C14H12FIN2O3/c1-2-18-7-9(14(20)21)12(6-13(18)19)17-11-4-3-8(16)5-10(11)15/h3-7,17H,2H2,1H3,(H,20,21). The number of pyridine rings is 1. The van der Waals surface area contributed by atoms with Crippen molar-refractivity contribution in [3.63, 3.8) is 0 Å². The monoisotopic (exact) mass is 402 g/mol. The third-order valence-corrected chi connectivity index (χ3v) is 3.57. The SMILES string of the molecule is CCn1cc(C(=O)O)c(Nc2ccc(I)cc2F)cc1=O. The molecule has 2 N–H and O–H groups in total. The van der Waals surface area contributed by atoms with Gasteiger partial charge in [0.1, 0.15) is 5.82 Å². The molecule has 2 rings (SSSR count). The van der Waals surface area contributed by atoms with E-state index in [2.05, 4.69) is 5.32 Å². The Morgan fingerprint density at radius 2 is 2.10 bits per heavy atom. The number of aryl methyl sites for hydroxylation is 1. The van der Waals surface area contributed by atoms with Crippen LogP contribution >= 0.6 is 22.6 Å². The largest absolute Gasteiger partial charge is 0.478 e. The van der Waals surface area contributed by atoms with Gasteiger partial charge >= 0.3 is 5.97 Å². The molecule has 1 aromatic carbocycles. The maximum Gasteiger partial charge on any atom is 0.339 e. The van der Waals surface area contributed by atoms with Crippen molar-refractivity contribution in [3.8, 4) is 0 Å². The molecule has 0 aliphatic carbocycles. The molecule has 0 fully saturated rings. The number of carboxylic acid groups (broad SMARTS) is 1. The van der Waals surface area contributed by atoms with Crippen LogP contribution in [0.15, 0.2) is 35.3 Å². The molecular weight excluding hydrogens is 390 g/mol. The lowest BCUT2D eigenvalue weighted by Crippen LogP contribution is -2.21. The van der Waals surface area contributed by atoms with E-state index in [0.29, 0.717) is 6.54 Å². The minimum atomic E-state index is -1.19. The third kappa shape index (κ3) is 3.41. The molecule has 7 heteroatoms. The smallest absolute Gasteiger partial charge is 0.339 e. The highest BCUT2D eigenvalue weighted by Gasteiger charge is 2.14. The molecule has 1 heterocycles. The number of hydrogen-bond donors (Lipinski definition) is 2. The average molecular weight is 402 g/mol. The predicted octanol–water partition coefficient (Wildman–Crippen LogP) is 3.05. The van der Waals surface area contributed by atoms with Crippen molar-refractivity contribution >= 4 is 39.9 Å². The van der Waals surface area contributed by atoms with Gasteiger partial charge in [0.05, 0.1) is 16.9 Å². The molecule has 2 aromatic rings. The van der Waals surface area contributed by atoms with Crippen molar-refractivity contribution in [2.45, 2.75) is 13.5 Å². The molecule has 0 aliphatic rings. The van der Waals surface area contributed by atoms with Crippen molar-refractivity contribution in [2.75, 3.05) is 5.32 Å². The van der Waals surface area contributed by atoms with Gasteiger partial charge in [-0.1, -0.05) is 0 Å². The third-order valence-electron chi connectivity index (χ3n) is 2.90. The van der Waals surface area contributed by atoms with Gasteiger partial charge in [-0.3, -0.25) is 4.79 Å². The number of carbonyl (C=O) groups is 1. The summed E-state index contributed by atoms with van der Waals surface area (Å²) >= 11 is 1.97. The van der Waals surface area contributed by atoms with Gasteiger partial charge in [0.15, 0.2) is 0 Å². The minimum Gasteiger partial charge on any atom is -0.478 e. The van der Waals surface area contributed by atoms with Crippen molar-refractivity contribution < 1.29 is 14.3 Å². The average Bonchev–Trinajstić information content (AvgIpc) is 2.41. The first kappa shape index (κ1) is 15.5. The summed E-state index contributed by atoms with van der Waals surface area (Å²) < 4.78 is 15.8. The Balaban J connectivity index is 2.50. The molecule has 0 spiro atoms. The fraction of sp³-hybridized carbons (Fsp3) is 0.143. The molecule has 0 radical (unpaired) electrons. The number of carboxylic acids is 1. The van der Waals surface area contributed by atoms with Crippen molar-refractivity contribution in [1.82, 2.24) is 4.57 Å². The van der Waals surface area contributed by atoms with E-state index in [1.807, 2.05) is 22.6 Å². The van der Waals surface area contributed by atoms with Crippen molar-refractivity contribution in [3.05, 3.63) is 55.8 Å². The van der Waals surface area contributed by atoms with Gasteiger partial charge in [-0.05, 0) is 47.7 Å². The first-order valence-electron chi connectivity index (χ1n) is 6.12. The lowest BCUT2D eigenvalue weighted by Gasteiger charge is -2.12. The summed E-state index contributed by atoms with van der Waals surface area (Å²) in [5.41, 5.74) is -0.255. The number of aromatic nitrogens is 1. The van der Waals surface area contributed by atoms with E-state index in [9.17, 15) is 19.1 Å². The zero-order chi connectivity index (χ0) is 15.6. The Morgan fingerprint density at radius 1 is 1.38 bits per heavy atom. The van der Waals surface area contributed by atoms with Gasteiger partial charge in [-0.2, -0.15) is 0 Å². The summed E-state index contributed by atoms with van der Waals surface area (Å²) in [6.07, 6.45) is 1.25. The number of benzene rings is 1. The Hall–Kier alpha value is -1.90. The molecule has 0 bridgehead atoms. The highest BCUT2D eigenvalue weighted by molar-refractivity contribution is 14.1. The van der Waals surface area contributed by atoms with Crippen LogP contribution in [0.2, 0.25) is 0 Å². The van der Waals surface area contributed by atoms with Gasteiger partial charge in [0.25, 0.3) is 5.56 Å². The number of nitrogens with zero attached hydrogens (tertiary/aromatic N) is 1. The normalized spacial score (nSPS) is 10.4. The van der Waals surface area contributed by atoms with Crippen LogP contribution in [-0.2, 0) is 6.54 Å². The molecular formula is C14H12FIN2O3. The second-order valence-electron chi connectivity index (χ2n) is 4.28. The van der Waals surface area contributed by atoms with Crippen LogP contribution in [0.4, 0.5) is 15.8 Å². The number of rotatable bonds is 4. The zero-order valence-corrected chi connectivity index (χ0v) is 13.2. The van der Waals surface area contributed by atoms with Crippen LogP contribution in [0.5, 0.6) is 0 Å². The van der Waals surface area contributed by atoms with Crippen molar-refractivity contribution in [1.29, 1.82) is 0 Å². The lowest BCUT2D eigenvalue weighted by atomic mass is 10.2. The fourth-order valence-corrected chi connectivity index (χ4v) is 2.28. The second-order valence-corrected chi connectivity index (χ2v) is 5.52. The topological polar surface area (TPSA) is 71.3 Å². The maximum atomic E-state index is 13.8. The number of aromatic carboxylic acids is 1. The van der Waals surface area contributed by atoms with E-state index in [4.69, 9.17) is 0 Å². The molecule has 0 saturated carbocycles. The van der Waals surface area contributed by atoms with Gasteiger partial charge in [0, 0.05) is 22.4 Å². The van der Waals surface area contributed by atoms with E-state index in [1.54, 1.807) is 13.0 Å². The summed E-state index contributed by atoms with van der Waals surface area (Å²) in [6.45, 7) is 2.09. The first-order chi connectivity index (χ1) is 9.92. The number of anilines is 2. The van der Waals surface area contributed by atoms with Gasteiger partial charge < -0.3 is 15.0 Å². The van der Waals surface area contributed by atoms with E-state index in [0.717, 1.165) is 9.64 Å².